The highest BCUT2D eigenvalue weighted by molar-refractivity contribution is 5.43. The first-order valence-corrected chi connectivity index (χ1v) is 13.4. The molecule has 2 saturated carbocycles. The first-order valence-electron chi connectivity index (χ1n) is 13.4. The molecule has 0 bridgehead atoms. The van der Waals surface area contributed by atoms with Gasteiger partial charge in [-0.05, 0) is 115 Å². The molecule has 2 aromatic rings. The number of rotatable bonds is 7. The van der Waals surface area contributed by atoms with Crippen LogP contribution >= 0.6 is 0 Å². The Morgan fingerprint density at radius 2 is 1.79 bits per heavy atom. The van der Waals surface area contributed by atoms with Gasteiger partial charge in [-0.1, -0.05) is 39.0 Å². The van der Waals surface area contributed by atoms with Gasteiger partial charge in [-0.15, -0.1) is 0 Å². The van der Waals surface area contributed by atoms with E-state index in [4.69, 9.17) is 4.74 Å². The summed E-state index contributed by atoms with van der Waals surface area (Å²) in [4.78, 5) is 2.37. The summed E-state index contributed by atoms with van der Waals surface area (Å²) in [6, 6.07) is 14.8. The lowest BCUT2D eigenvalue weighted by atomic mass is 9.51. The second-order valence-corrected chi connectivity index (χ2v) is 11.1. The summed E-state index contributed by atoms with van der Waals surface area (Å²) in [5.74, 6) is 3.28. The number of aliphatic hydroxyl groups is 1. The standard InChI is InChI=1S/C30H41NO3/c1-4-31(5-2)16-17-34-23-10-6-20(7-11-23)26-19-30(3)27(14-15-28(30)33)25-12-8-21-18-22(32)9-13-24(21)29(25)26/h6-7,9-11,13,18,25-29,32-33H,4-5,8,12,14-17,19H2,1-3H3/t25-,26+,27-,28-,29+,30-/m0/s1. The maximum absolute atomic E-state index is 11.0. The first kappa shape index (κ1) is 23.7. The van der Waals surface area contributed by atoms with E-state index in [1.807, 2.05) is 12.1 Å². The van der Waals surface area contributed by atoms with Gasteiger partial charge in [-0.3, -0.25) is 0 Å². The predicted octanol–water partition coefficient (Wildman–Crippen LogP) is 5.72. The monoisotopic (exact) mass is 463 g/mol. The van der Waals surface area contributed by atoms with Crippen molar-refractivity contribution in [3.8, 4) is 11.5 Å². The molecule has 34 heavy (non-hydrogen) atoms. The van der Waals surface area contributed by atoms with Gasteiger partial charge in [0.1, 0.15) is 18.1 Å². The van der Waals surface area contributed by atoms with Gasteiger partial charge in [0.05, 0.1) is 6.10 Å². The lowest BCUT2D eigenvalue weighted by molar-refractivity contribution is -0.0323. The molecule has 0 radical (unpaired) electrons. The fourth-order valence-corrected chi connectivity index (χ4v) is 7.64. The van der Waals surface area contributed by atoms with E-state index in [9.17, 15) is 10.2 Å². The van der Waals surface area contributed by atoms with Crippen LogP contribution in [0.1, 0.15) is 75.0 Å². The Morgan fingerprint density at radius 1 is 1.03 bits per heavy atom. The molecular formula is C30H41NO3. The van der Waals surface area contributed by atoms with Crippen molar-refractivity contribution in [1.29, 1.82) is 0 Å². The lowest BCUT2D eigenvalue weighted by Gasteiger charge is -2.54. The van der Waals surface area contributed by atoms with E-state index >= 15 is 0 Å². The number of aryl methyl sites for hydroxylation is 1. The van der Waals surface area contributed by atoms with Crippen LogP contribution in [0.4, 0.5) is 0 Å². The first-order chi connectivity index (χ1) is 16.4. The second kappa shape index (κ2) is 9.54. The van der Waals surface area contributed by atoms with Gasteiger partial charge >= 0.3 is 0 Å². The predicted molar refractivity (Wildman–Crippen MR) is 137 cm³/mol. The quantitative estimate of drug-likeness (QED) is 0.551. The van der Waals surface area contributed by atoms with E-state index in [0.717, 1.165) is 57.5 Å². The number of benzene rings is 2. The molecule has 3 aliphatic carbocycles. The maximum Gasteiger partial charge on any atom is 0.119 e. The number of hydrogen-bond donors (Lipinski definition) is 2. The Morgan fingerprint density at radius 3 is 2.53 bits per heavy atom. The molecule has 2 aromatic carbocycles. The van der Waals surface area contributed by atoms with Crippen molar-refractivity contribution < 1.29 is 14.9 Å². The molecule has 0 amide bonds. The minimum absolute atomic E-state index is 0.0147. The van der Waals surface area contributed by atoms with Crippen molar-refractivity contribution in [2.45, 2.75) is 70.8 Å². The summed E-state index contributed by atoms with van der Waals surface area (Å²) in [5.41, 5.74) is 4.07. The van der Waals surface area contributed by atoms with E-state index in [1.165, 1.54) is 16.7 Å². The Balaban J connectivity index is 1.42. The molecule has 0 aliphatic heterocycles. The topological polar surface area (TPSA) is 52.9 Å². The van der Waals surface area contributed by atoms with Crippen LogP contribution in [0, 0.1) is 17.3 Å². The van der Waals surface area contributed by atoms with Gasteiger partial charge in [-0.25, -0.2) is 0 Å². The highest BCUT2D eigenvalue weighted by Gasteiger charge is 2.57. The molecule has 184 valence electrons. The average Bonchev–Trinajstić information content (AvgIpc) is 3.15. The van der Waals surface area contributed by atoms with Crippen LogP contribution < -0.4 is 4.74 Å². The van der Waals surface area contributed by atoms with Crippen LogP contribution in [0.3, 0.4) is 0 Å². The Hall–Kier alpha value is -2.04. The lowest BCUT2D eigenvalue weighted by Crippen LogP contribution is -2.47. The van der Waals surface area contributed by atoms with E-state index < -0.39 is 0 Å². The molecule has 0 spiro atoms. The zero-order valence-electron chi connectivity index (χ0n) is 21.0. The van der Waals surface area contributed by atoms with Gasteiger partial charge < -0.3 is 19.8 Å². The van der Waals surface area contributed by atoms with Crippen molar-refractivity contribution in [3.63, 3.8) is 0 Å². The molecule has 4 heteroatoms. The minimum atomic E-state index is -0.204. The Kier molecular flexibility index (Phi) is 6.65. The van der Waals surface area contributed by atoms with Crippen molar-refractivity contribution in [2.75, 3.05) is 26.2 Å². The number of fused-ring (bicyclic) bond motifs is 5. The van der Waals surface area contributed by atoms with E-state index in [-0.39, 0.29) is 11.5 Å². The summed E-state index contributed by atoms with van der Waals surface area (Å²) in [6.07, 6.45) is 5.06. The van der Waals surface area contributed by atoms with Crippen LogP contribution in [0.5, 0.6) is 11.5 Å². The van der Waals surface area contributed by atoms with Crippen LogP contribution in [0.2, 0.25) is 0 Å². The molecule has 0 saturated heterocycles. The summed E-state index contributed by atoms with van der Waals surface area (Å²) < 4.78 is 6.06. The third-order valence-electron chi connectivity index (χ3n) is 9.54. The third-order valence-corrected chi connectivity index (χ3v) is 9.54. The van der Waals surface area contributed by atoms with Crippen molar-refractivity contribution in [3.05, 3.63) is 59.2 Å². The van der Waals surface area contributed by atoms with Crippen molar-refractivity contribution in [1.82, 2.24) is 4.90 Å². The molecule has 0 heterocycles. The highest BCUT2D eigenvalue weighted by Crippen LogP contribution is 2.65. The number of phenols is 1. The summed E-state index contributed by atoms with van der Waals surface area (Å²) in [7, 11) is 0. The third kappa shape index (κ3) is 4.13. The Bertz CT molecular complexity index is 985. The largest absolute Gasteiger partial charge is 0.508 e. The molecule has 0 unspecified atom stereocenters. The van der Waals surface area contributed by atoms with Crippen LogP contribution in [0.15, 0.2) is 42.5 Å². The normalized spacial score (nSPS) is 32.2. The second-order valence-electron chi connectivity index (χ2n) is 11.1. The number of nitrogens with zero attached hydrogens (tertiary/aromatic N) is 1. The molecule has 2 fully saturated rings. The fourth-order valence-electron chi connectivity index (χ4n) is 7.64. The molecule has 0 aromatic heterocycles. The number of aliphatic hydroxyl groups excluding tert-OH is 1. The Labute approximate surface area is 205 Å². The number of ether oxygens (including phenoxy) is 1. The van der Waals surface area contributed by atoms with Gasteiger partial charge in [0.2, 0.25) is 0 Å². The summed E-state index contributed by atoms with van der Waals surface area (Å²) >= 11 is 0. The summed E-state index contributed by atoms with van der Waals surface area (Å²) in [5, 5.41) is 21.2. The van der Waals surface area contributed by atoms with E-state index in [1.54, 1.807) is 0 Å². The number of hydrogen-bond acceptors (Lipinski definition) is 4. The van der Waals surface area contributed by atoms with Gasteiger partial charge in [-0.2, -0.15) is 0 Å². The van der Waals surface area contributed by atoms with Crippen molar-refractivity contribution in [2.24, 2.45) is 17.3 Å². The number of phenolic OH excluding ortho intramolecular Hbond substituents is 1. The van der Waals surface area contributed by atoms with Crippen molar-refractivity contribution >= 4 is 0 Å². The number of aromatic hydroxyl groups is 1. The maximum atomic E-state index is 11.0. The van der Waals surface area contributed by atoms with Gasteiger partial charge in [0, 0.05) is 6.54 Å². The van der Waals surface area contributed by atoms with E-state index in [2.05, 4.69) is 56.0 Å². The van der Waals surface area contributed by atoms with Gasteiger partial charge in [0.25, 0.3) is 0 Å². The fraction of sp³-hybridized carbons (Fsp3) is 0.600. The zero-order chi connectivity index (χ0) is 23.9. The molecule has 6 atom stereocenters. The minimum Gasteiger partial charge on any atom is -0.508 e. The van der Waals surface area contributed by atoms with Crippen LogP contribution in [-0.2, 0) is 6.42 Å². The van der Waals surface area contributed by atoms with Crippen LogP contribution in [-0.4, -0.2) is 47.5 Å². The zero-order valence-corrected chi connectivity index (χ0v) is 21.0. The smallest absolute Gasteiger partial charge is 0.119 e. The SMILES string of the molecule is CCN(CC)CCOc1ccc([C@H]2C[C@]3(C)[C@@H](O)CC[C@H]3[C@@H]3CCc4cc(O)ccc4[C@H]32)cc1. The number of likely N-dealkylation sites (N-methyl/N-ethyl adjacent to an activating group) is 1. The average molecular weight is 464 g/mol. The molecular weight excluding hydrogens is 422 g/mol. The molecule has 2 N–H and O–H groups in total. The molecule has 3 aliphatic rings. The highest BCUT2D eigenvalue weighted by atomic mass is 16.5. The molecule has 5 rings (SSSR count). The summed E-state index contributed by atoms with van der Waals surface area (Å²) in [6.45, 7) is 10.5. The van der Waals surface area contributed by atoms with E-state index in [0.29, 0.717) is 36.0 Å². The van der Waals surface area contributed by atoms with Gasteiger partial charge in [0.15, 0.2) is 0 Å². The van der Waals surface area contributed by atoms with Crippen LogP contribution in [0.25, 0.3) is 0 Å². The molecule has 4 nitrogen and oxygen atoms in total.